The van der Waals surface area contributed by atoms with Crippen molar-refractivity contribution in [2.75, 3.05) is 26.2 Å². The van der Waals surface area contributed by atoms with Gasteiger partial charge in [-0.1, -0.05) is 26.8 Å². The van der Waals surface area contributed by atoms with Crippen LogP contribution in [0.25, 0.3) is 5.57 Å². The number of amides is 1. The Hall–Kier alpha value is -4.24. The first-order chi connectivity index (χ1) is 21.0. The van der Waals surface area contributed by atoms with Crippen molar-refractivity contribution in [3.05, 3.63) is 84.0 Å². The number of aliphatic imine (C=N–C) groups is 1. The summed E-state index contributed by atoms with van der Waals surface area (Å²) in [5.41, 5.74) is 0.330. The molecule has 5 rings (SSSR count). The molecule has 12 heteroatoms. The number of piperidine rings is 1. The molecule has 44 heavy (non-hydrogen) atoms. The number of amidine groups is 1. The van der Waals surface area contributed by atoms with Crippen molar-refractivity contribution in [3.8, 4) is 6.07 Å². The quantitative estimate of drug-likeness (QED) is 0.398. The molecule has 0 radical (unpaired) electrons. The Morgan fingerprint density at radius 1 is 1.25 bits per heavy atom. The van der Waals surface area contributed by atoms with E-state index in [0.717, 1.165) is 34.8 Å². The molecular formula is C32H37F4N7O. The Morgan fingerprint density at radius 2 is 1.93 bits per heavy atom. The van der Waals surface area contributed by atoms with E-state index in [2.05, 4.69) is 57.5 Å². The zero-order valence-corrected chi connectivity index (χ0v) is 25.2. The second-order valence-corrected chi connectivity index (χ2v) is 11.2. The van der Waals surface area contributed by atoms with Gasteiger partial charge in [-0.25, -0.2) is 14.4 Å². The molecule has 2 aromatic rings. The van der Waals surface area contributed by atoms with E-state index in [-0.39, 0.29) is 11.6 Å². The largest absolute Gasteiger partial charge is 0.436 e. The number of nitrogens with zero attached hydrogens (tertiary/aromatic N) is 6. The molecule has 234 valence electrons. The van der Waals surface area contributed by atoms with Crippen LogP contribution in [-0.2, 0) is 11.7 Å². The smallest absolute Gasteiger partial charge is 0.347 e. The first kappa shape index (κ1) is 32.7. The summed E-state index contributed by atoms with van der Waals surface area (Å²) in [6.07, 6.45) is 7.89. The van der Waals surface area contributed by atoms with Crippen LogP contribution in [0.4, 0.5) is 17.6 Å². The summed E-state index contributed by atoms with van der Waals surface area (Å²) < 4.78 is 55.7. The second kappa shape index (κ2) is 13.6. The molecule has 3 aliphatic heterocycles. The first-order valence-corrected chi connectivity index (χ1v) is 14.6. The van der Waals surface area contributed by atoms with Crippen LogP contribution in [0.2, 0.25) is 0 Å². The number of allylic oxidation sites excluding steroid dienone is 1. The minimum Gasteiger partial charge on any atom is -0.347 e. The lowest BCUT2D eigenvalue weighted by molar-refractivity contribution is -0.143. The monoisotopic (exact) mass is 611 g/mol. The molecule has 0 spiro atoms. The number of carbonyl (C=O) groups excluding carboxylic acids is 1. The van der Waals surface area contributed by atoms with Gasteiger partial charge in [0.25, 0.3) is 5.91 Å². The van der Waals surface area contributed by atoms with Crippen molar-refractivity contribution in [3.63, 3.8) is 0 Å². The van der Waals surface area contributed by atoms with E-state index < -0.39 is 29.2 Å². The number of alkyl halides is 3. The summed E-state index contributed by atoms with van der Waals surface area (Å²) >= 11 is 0. The van der Waals surface area contributed by atoms with E-state index >= 15 is 0 Å². The van der Waals surface area contributed by atoms with Crippen LogP contribution in [0.15, 0.2) is 66.3 Å². The lowest BCUT2D eigenvalue weighted by Gasteiger charge is -2.54. The highest BCUT2D eigenvalue weighted by molar-refractivity contribution is 6.09. The third kappa shape index (κ3) is 6.63. The second-order valence-electron chi connectivity index (χ2n) is 11.2. The van der Waals surface area contributed by atoms with Crippen LogP contribution in [0, 0.1) is 17.1 Å². The average Bonchev–Trinajstić information content (AvgIpc) is 3.65. The Labute approximate surface area is 255 Å². The summed E-state index contributed by atoms with van der Waals surface area (Å²) in [4.78, 5) is 23.9. The van der Waals surface area contributed by atoms with E-state index in [1.54, 1.807) is 12.4 Å². The number of aromatic nitrogens is 2. The number of hydrogen-bond acceptors (Lipinski definition) is 6. The molecule has 0 atom stereocenters. The van der Waals surface area contributed by atoms with E-state index in [1.165, 1.54) is 11.3 Å². The van der Waals surface area contributed by atoms with Gasteiger partial charge in [-0.15, -0.1) is 0 Å². The molecule has 1 amide bonds. The zero-order chi connectivity index (χ0) is 32.1. The molecule has 0 unspecified atom stereocenters. The normalized spacial score (nSPS) is 19.3. The molecule has 0 bridgehead atoms. The van der Waals surface area contributed by atoms with Crippen LogP contribution in [-0.4, -0.2) is 63.3 Å². The molecule has 0 aromatic carbocycles. The standard InChI is InChI=1S/C29H29F4N7O.C3H8/c1-3-35-26-22(4-12-37-26)19(2)20-6-15-40(16-20)28(9-10-34)17-39(18-28)21-7-13-38(14-8-21)27(41)23-5-11-36-25(24(23)30)29(31,32)33;1-3-2/h3-6,11-12,15-16,21H,1,7-9,13-14,17-18H2,2H3,(H,35,37);3H2,1-2H3/b22-19+;. The highest BCUT2D eigenvalue weighted by Crippen LogP contribution is 2.38. The lowest BCUT2D eigenvalue weighted by atomic mass is 9.83. The van der Waals surface area contributed by atoms with E-state index in [1.807, 2.05) is 25.3 Å². The Kier molecular flexibility index (Phi) is 10.1. The Bertz CT molecular complexity index is 1500. The van der Waals surface area contributed by atoms with Crippen molar-refractivity contribution in [1.29, 1.82) is 5.26 Å². The summed E-state index contributed by atoms with van der Waals surface area (Å²) in [6.45, 7) is 11.9. The molecule has 2 aromatic heterocycles. The van der Waals surface area contributed by atoms with Crippen molar-refractivity contribution < 1.29 is 22.4 Å². The molecule has 0 saturated carbocycles. The van der Waals surface area contributed by atoms with Gasteiger partial charge in [0.1, 0.15) is 5.84 Å². The fourth-order valence-electron chi connectivity index (χ4n) is 5.81. The van der Waals surface area contributed by atoms with Crippen molar-refractivity contribution in [1.82, 2.24) is 24.7 Å². The summed E-state index contributed by atoms with van der Waals surface area (Å²) in [5, 5.41) is 12.7. The van der Waals surface area contributed by atoms with Gasteiger partial charge in [-0.2, -0.15) is 18.4 Å². The van der Waals surface area contributed by atoms with Gasteiger partial charge in [-0.05, 0) is 55.3 Å². The number of halogens is 4. The SMILES string of the molecule is C=CNC1=NC=C/C1=C(/C)c1ccn(C2(CC#N)CN(C3CCN(C(=O)c4ccnc(C(F)(F)F)c4F)CC3)C2)c1.CCC. The maximum absolute atomic E-state index is 14.5. The highest BCUT2D eigenvalue weighted by Gasteiger charge is 2.47. The van der Waals surface area contributed by atoms with Gasteiger partial charge >= 0.3 is 6.18 Å². The topological polar surface area (TPSA) is 89.5 Å². The van der Waals surface area contributed by atoms with E-state index in [9.17, 15) is 27.6 Å². The number of pyridine rings is 1. The van der Waals surface area contributed by atoms with Crippen molar-refractivity contribution >= 4 is 17.3 Å². The van der Waals surface area contributed by atoms with Gasteiger partial charge in [-0.3, -0.25) is 9.69 Å². The molecule has 8 nitrogen and oxygen atoms in total. The van der Waals surface area contributed by atoms with Gasteiger partial charge in [0.2, 0.25) is 0 Å². The van der Waals surface area contributed by atoms with Gasteiger partial charge < -0.3 is 14.8 Å². The maximum atomic E-state index is 14.5. The van der Waals surface area contributed by atoms with Crippen molar-refractivity contribution in [2.45, 2.75) is 64.2 Å². The zero-order valence-electron chi connectivity index (χ0n) is 25.2. The summed E-state index contributed by atoms with van der Waals surface area (Å²) in [7, 11) is 0. The Morgan fingerprint density at radius 3 is 2.55 bits per heavy atom. The van der Waals surface area contributed by atoms with E-state index in [4.69, 9.17) is 0 Å². The van der Waals surface area contributed by atoms with Gasteiger partial charge in [0.15, 0.2) is 11.5 Å². The molecule has 3 aliphatic rings. The average molecular weight is 612 g/mol. The third-order valence-corrected chi connectivity index (χ3v) is 8.08. The van der Waals surface area contributed by atoms with Crippen LogP contribution in [0.1, 0.15) is 68.1 Å². The first-order valence-electron chi connectivity index (χ1n) is 14.6. The third-order valence-electron chi connectivity index (χ3n) is 8.08. The number of nitrogens with one attached hydrogen (secondary N) is 1. The number of carbonyl (C=O) groups is 1. The Balaban J connectivity index is 0.00000141. The number of likely N-dealkylation sites (tertiary alicyclic amines) is 2. The maximum Gasteiger partial charge on any atom is 0.436 e. The van der Waals surface area contributed by atoms with Gasteiger partial charge in [0, 0.05) is 62.6 Å². The number of rotatable bonds is 6. The molecule has 0 aliphatic carbocycles. The number of nitriles is 1. The predicted octanol–water partition coefficient (Wildman–Crippen LogP) is 6.12. The molecule has 5 heterocycles. The minimum absolute atomic E-state index is 0.144. The van der Waals surface area contributed by atoms with Crippen molar-refractivity contribution in [2.24, 2.45) is 4.99 Å². The van der Waals surface area contributed by atoms with Crippen LogP contribution >= 0.6 is 0 Å². The summed E-state index contributed by atoms with van der Waals surface area (Å²) in [5.74, 6) is -1.68. The fourth-order valence-corrected chi connectivity index (χ4v) is 5.81. The molecule has 2 fully saturated rings. The van der Waals surface area contributed by atoms with Crippen LogP contribution < -0.4 is 5.32 Å². The highest BCUT2D eigenvalue weighted by atomic mass is 19.4. The number of hydrogen-bond donors (Lipinski definition) is 1. The lowest BCUT2D eigenvalue weighted by Crippen LogP contribution is -2.66. The predicted molar refractivity (Wildman–Crippen MR) is 161 cm³/mol. The molecular weight excluding hydrogens is 574 g/mol. The fraction of sp³-hybridized carbons (Fsp3) is 0.438. The van der Waals surface area contributed by atoms with Crippen LogP contribution in [0.3, 0.4) is 0 Å². The van der Waals surface area contributed by atoms with Gasteiger partial charge in [0.05, 0.1) is 23.6 Å². The van der Waals surface area contributed by atoms with E-state index in [0.29, 0.717) is 45.4 Å². The van der Waals surface area contributed by atoms with Crippen LogP contribution in [0.5, 0.6) is 0 Å². The molecule has 2 saturated heterocycles. The minimum atomic E-state index is -4.98. The summed E-state index contributed by atoms with van der Waals surface area (Å²) in [6, 6.07) is 5.48. The molecule has 1 N–H and O–H groups in total.